The smallest absolute Gasteiger partial charge is 0.205 e. The molecule has 0 radical (unpaired) electrons. The molecule has 1 N–H and O–H groups in total. The van der Waals surface area contributed by atoms with Crippen molar-refractivity contribution in [2.75, 3.05) is 45.6 Å². The minimum atomic E-state index is 0.739. The van der Waals surface area contributed by atoms with Gasteiger partial charge in [-0.25, -0.2) is 0 Å². The van der Waals surface area contributed by atoms with Gasteiger partial charge in [0.15, 0.2) is 0 Å². The summed E-state index contributed by atoms with van der Waals surface area (Å²) in [5, 5.41) is 14.6. The molecule has 1 aromatic heterocycles. The molecule has 1 saturated heterocycles. The van der Waals surface area contributed by atoms with Gasteiger partial charge >= 0.3 is 0 Å². The van der Waals surface area contributed by atoms with Crippen LogP contribution in [0.1, 0.15) is 23.4 Å². The summed E-state index contributed by atoms with van der Waals surface area (Å²) in [6, 6.07) is 8.64. The van der Waals surface area contributed by atoms with Crippen LogP contribution in [0.15, 0.2) is 24.3 Å². The Kier molecular flexibility index (Phi) is 6.64. The van der Waals surface area contributed by atoms with Gasteiger partial charge in [-0.15, -0.1) is 10.2 Å². The first kappa shape index (κ1) is 18.6. The van der Waals surface area contributed by atoms with Crippen LogP contribution in [0.3, 0.4) is 0 Å². The number of anilines is 1. The molecule has 0 saturated carbocycles. The lowest BCUT2D eigenvalue weighted by Gasteiger charge is -2.35. The highest BCUT2D eigenvalue weighted by Crippen LogP contribution is 2.20. The largest absolute Gasteiger partial charge is 0.359 e. The molecular weight excluding hydrogens is 354 g/mol. The third-order valence-corrected chi connectivity index (χ3v) is 5.86. The first-order chi connectivity index (χ1) is 12.1. The molecule has 3 rings (SSSR count). The number of likely N-dealkylation sites (tertiary alicyclic amines) is 1. The van der Waals surface area contributed by atoms with E-state index in [-0.39, 0.29) is 0 Å². The second-order valence-electron chi connectivity index (χ2n) is 6.77. The van der Waals surface area contributed by atoms with Crippen LogP contribution >= 0.6 is 22.9 Å². The van der Waals surface area contributed by atoms with Crippen LogP contribution < -0.4 is 5.32 Å². The predicted molar refractivity (Wildman–Crippen MR) is 106 cm³/mol. The molecule has 2 heterocycles. The van der Waals surface area contributed by atoms with Crippen molar-refractivity contribution in [2.45, 2.75) is 25.3 Å². The Morgan fingerprint density at radius 3 is 2.60 bits per heavy atom. The Bertz CT molecular complexity index is 650. The fraction of sp³-hybridized carbons (Fsp3) is 0.556. The van der Waals surface area contributed by atoms with E-state index in [1.54, 1.807) is 11.3 Å². The van der Waals surface area contributed by atoms with Crippen LogP contribution in [0, 0.1) is 0 Å². The molecule has 7 heteroatoms. The van der Waals surface area contributed by atoms with Crippen molar-refractivity contribution in [3.8, 4) is 0 Å². The van der Waals surface area contributed by atoms with Crippen molar-refractivity contribution in [3.05, 3.63) is 39.9 Å². The second-order valence-corrected chi connectivity index (χ2v) is 8.27. The van der Waals surface area contributed by atoms with E-state index in [4.69, 9.17) is 11.6 Å². The number of rotatable bonds is 7. The summed E-state index contributed by atoms with van der Waals surface area (Å²) < 4.78 is 0. The number of hydrogen-bond acceptors (Lipinski definition) is 6. The van der Waals surface area contributed by atoms with Crippen molar-refractivity contribution < 1.29 is 0 Å². The van der Waals surface area contributed by atoms with Crippen molar-refractivity contribution in [1.29, 1.82) is 0 Å². The average Bonchev–Trinajstić information content (AvgIpc) is 3.05. The first-order valence-corrected chi connectivity index (χ1v) is 9.99. The number of nitrogens with one attached hydrogen (secondary N) is 1. The lowest BCUT2D eigenvalue weighted by Crippen LogP contribution is -2.43. The number of piperidine rings is 1. The van der Waals surface area contributed by atoms with E-state index >= 15 is 0 Å². The van der Waals surface area contributed by atoms with E-state index in [0.29, 0.717) is 0 Å². The molecule has 1 aromatic carbocycles. The van der Waals surface area contributed by atoms with E-state index in [2.05, 4.69) is 39.4 Å². The third kappa shape index (κ3) is 5.64. The molecule has 1 fully saturated rings. The van der Waals surface area contributed by atoms with Crippen LogP contribution in [0.4, 0.5) is 5.13 Å². The first-order valence-electron chi connectivity index (χ1n) is 8.79. The Morgan fingerprint density at radius 1 is 1.20 bits per heavy atom. The number of halogens is 1. The van der Waals surface area contributed by atoms with Crippen LogP contribution in [0.25, 0.3) is 0 Å². The minimum Gasteiger partial charge on any atom is -0.359 e. The second kappa shape index (κ2) is 8.94. The topological polar surface area (TPSA) is 44.3 Å². The number of nitrogens with zero attached hydrogens (tertiary/aromatic N) is 4. The molecule has 5 nitrogen and oxygen atoms in total. The molecular formula is C18H26ClN5S. The molecule has 25 heavy (non-hydrogen) atoms. The molecule has 2 aromatic rings. The summed E-state index contributed by atoms with van der Waals surface area (Å²) in [5.74, 6) is 0. The summed E-state index contributed by atoms with van der Waals surface area (Å²) in [4.78, 5) is 4.88. The fourth-order valence-electron chi connectivity index (χ4n) is 3.15. The zero-order valence-electron chi connectivity index (χ0n) is 14.9. The molecule has 0 aliphatic carbocycles. The van der Waals surface area contributed by atoms with E-state index in [9.17, 15) is 0 Å². The molecule has 0 atom stereocenters. The maximum atomic E-state index is 5.92. The number of benzene rings is 1. The fourth-order valence-corrected chi connectivity index (χ4v) is 4.08. The molecule has 0 spiro atoms. The molecule has 136 valence electrons. The minimum absolute atomic E-state index is 0.739. The SMILES string of the molecule is CN(C)C1CCN(CCNc2nnc(Cc3ccc(Cl)cc3)s2)CC1. The Labute approximate surface area is 159 Å². The van der Waals surface area contributed by atoms with Crippen molar-refractivity contribution in [1.82, 2.24) is 20.0 Å². The molecule has 0 amide bonds. The van der Waals surface area contributed by atoms with Crippen LogP contribution in [0.5, 0.6) is 0 Å². The van der Waals surface area contributed by atoms with E-state index in [0.717, 1.165) is 40.7 Å². The average molecular weight is 380 g/mol. The van der Waals surface area contributed by atoms with Gasteiger partial charge in [-0.3, -0.25) is 0 Å². The Balaban J connectivity index is 1.39. The zero-order chi connectivity index (χ0) is 17.6. The number of aromatic nitrogens is 2. The third-order valence-electron chi connectivity index (χ3n) is 4.73. The van der Waals surface area contributed by atoms with Crippen molar-refractivity contribution in [2.24, 2.45) is 0 Å². The highest BCUT2D eigenvalue weighted by atomic mass is 35.5. The quantitative estimate of drug-likeness (QED) is 0.800. The molecule has 1 aliphatic rings. The summed E-state index contributed by atoms with van der Waals surface area (Å²) in [5.41, 5.74) is 1.20. The monoisotopic (exact) mass is 379 g/mol. The van der Waals surface area contributed by atoms with Crippen LogP contribution in [0.2, 0.25) is 5.02 Å². The van der Waals surface area contributed by atoms with Crippen LogP contribution in [-0.2, 0) is 6.42 Å². The van der Waals surface area contributed by atoms with E-state index < -0.39 is 0 Å². The van der Waals surface area contributed by atoms with Gasteiger partial charge in [0.25, 0.3) is 0 Å². The molecule has 1 aliphatic heterocycles. The predicted octanol–water partition coefficient (Wildman–Crippen LogP) is 3.22. The lowest BCUT2D eigenvalue weighted by atomic mass is 10.0. The summed E-state index contributed by atoms with van der Waals surface area (Å²) in [6.45, 7) is 4.35. The highest BCUT2D eigenvalue weighted by molar-refractivity contribution is 7.15. The maximum absolute atomic E-state index is 5.92. The van der Waals surface area contributed by atoms with Gasteiger partial charge in [-0.05, 0) is 57.7 Å². The summed E-state index contributed by atoms with van der Waals surface area (Å²) in [7, 11) is 4.36. The molecule has 0 bridgehead atoms. The van der Waals surface area contributed by atoms with Crippen molar-refractivity contribution in [3.63, 3.8) is 0 Å². The van der Waals surface area contributed by atoms with Gasteiger partial charge in [0.1, 0.15) is 5.01 Å². The van der Waals surface area contributed by atoms with E-state index in [1.165, 1.54) is 31.5 Å². The van der Waals surface area contributed by atoms with Gasteiger partial charge in [-0.1, -0.05) is 35.1 Å². The van der Waals surface area contributed by atoms with Crippen LogP contribution in [-0.4, -0.2) is 66.3 Å². The summed E-state index contributed by atoms with van der Waals surface area (Å²) >= 11 is 7.55. The van der Waals surface area contributed by atoms with Gasteiger partial charge < -0.3 is 15.1 Å². The van der Waals surface area contributed by atoms with Gasteiger partial charge in [0.2, 0.25) is 5.13 Å². The highest BCUT2D eigenvalue weighted by Gasteiger charge is 2.20. The molecule has 0 unspecified atom stereocenters. The Morgan fingerprint density at radius 2 is 1.92 bits per heavy atom. The van der Waals surface area contributed by atoms with Gasteiger partial charge in [0, 0.05) is 30.6 Å². The number of hydrogen-bond donors (Lipinski definition) is 1. The maximum Gasteiger partial charge on any atom is 0.205 e. The van der Waals surface area contributed by atoms with E-state index in [1.807, 2.05) is 24.3 Å². The zero-order valence-corrected chi connectivity index (χ0v) is 16.5. The van der Waals surface area contributed by atoms with Gasteiger partial charge in [-0.2, -0.15) is 0 Å². The van der Waals surface area contributed by atoms with Gasteiger partial charge in [0.05, 0.1) is 0 Å². The standard InChI is InChI=1S/C18H26ClN5S/c1-23(2)16-7-10-24(11-8-16)12-9-20-18-22-21-17(25-18)13-14-3-5-15(19)6-4-14/h3-6,16H,7-13H2,1-2H3,(H,20,22). The lowest BCUT2D eigenvalue weighted by molar-refractivity contribution is 0.148. The summed E-state index contributed by atoms with van der Waals surface area (Å²) in [6.07, 6.45) is 3.32. The van der Waals surface area contributed by atoms with Crippen molar-refractivity contribution >= 4 is 28.1 Å². The normalized spacial score (nSPS) is 16.5. The Hall–Kier alpha value is -1.21.